The van der Waals surface area contributed by atoms with Gasteiger partial charge in [-0.1, -0.05) is 24.6 Å². The summed E-state index contributed by atoms with van der Waals surface area (Å²) in [6, 6.07) is 6.94. The van der Waals surface area contributed by atoms with Gasteiger partial charge in [-0.15, -0.1) is 0 Å². The van der Waals surface area contributed by atoms with Crippen molar-refractivity contribution in [3.63, 3.8) is 0 Å². The largest absolute Gasteiger partial charge is 0.326 e. The molecule has 1 N–H and O–H groups in total. The van der Waals surface area contributed by atoms with Crippen LogP contribution in [-0.2, 0) is 6.42 Å². The average molecular weight is 504 g/mol. The molecule has 9 heteroatoms. The molecule has 0 amide bonds. The quantitative estimate of drug-likeness (QED) is 0.312. The van der Waals surface area contributed by atoms with Crippen LogP contribution in [0.1, 0.15) is 44.6 Å². The molecule has 0 radical (unpaired) electrons. The molecule has 1 aliphatic rings. The zero-order valence-corrected chi connectivity index (χ0v) is 21.6. The summed E-state index contributed by atoms with van der Waals surface area (Å²) in [6.45, 7) is 11.2. The number of pyridine rings is 1. The van der Waals surface area contributed by atoms with Gasteiger partial charge in [0.15, 0.2) is 11.6 Å². The average Bonchev–Trinajstić information content (AvgIpc) is 3.23. The third kappa shape index (κ3) is 5.22. The smallest absolute Gasteiger partial charge is 0.229 e. The predicted octanol–water partition coefficient (Wildman–Crippen LogP) is 5.99. The van der Waals surface area contributed by atoms with E-state index in [0.717, 1.165) is 44.2 Å². The second-order valence-corrected chi connectivity index (χ2v) is 9.70. The van der Waals surface area contributed by atoms with E-state index in [-0.39, 0.29) is 23.2 Å². The van der Waals surface area contributed by atoms with Gasteiger partial charge in [0, 0.05) is 30.9 Å². The van der Waals surface area contributed by atoms with Crippen molar-refractivity contribution < 1.29 is 8.78 Å². The van der Waals surface area contributed by atoms with Crippen LogP contribution < -0.4 is 5.32 Å². The van der Waals surface area contributed by atoms with Crippen LogP contribution in [0.4, 0.5) is 20.5 Å². The Morgan fingerprint density at radius 1 is 1.05 bits per heavy atom. The van der Waals surface area contributed by atoms with E-state index in [1.54, 1.807) is 6.07 Å². The van der Waals surface area contributed by atoms with E-state index in [1.165, 1.54) is 11.6 Å². The number of rotatable bonds is 7. The van der Waals surface area contributed by atoms with Crippen LogP contribution in [-0.4, -0.2) is 49.0 Å². The number of hydrogen-bond donors (Lipinski definition) is 1. The molecule has 0 saturated carbocycles. The van der Waals surface area contributed by atoms with Crippen molar-refractivity contribution in [2.24, 2.45) is 0 Å². The molecular weight excluding hydrogens is 472 g/mol. The monoisotopic (exact) mass is 503 g/mol. The number of imidazole rings is 1. The highest BCUT2D eigenvalue weighted by Crippen LogP contribution is 2.30. The molecule has 4 heterocycles. The van der Waals surface area contributed by atoms with Gasteiger partial charge in [0.05, 0.1) is 11.7 Å². The van der Waals surface area contributed by atoms with Crippen molar-refractivity contribution in [1.82, 2.24) is 29.4 Å². The van der Waals surface area contributed by atoms with Crippen LogP contribution in [0.15, 0.2) is 48.3 Å². The van der Waals surface area contributed by atoms with Crippen LogP contribution in [0.3, 0.4) is 0 Å². The molecule has 5 rings (SSSR count). The topological polar surface area (TPSA) is 71.8 Å². The third-order valence-electron chi connectivity index (χ3n) is 6.79. The third-order valence-corrected chi connectivity index (χ3v) is 6.79. The minimum absolute atomic E-state index is 0.00874. The van der Waals surface area contributed by atoms with E-state index in [4.69, 9.17) is 0 Å². The molecule has 0 bridgehead atoms. The van der Waals surface area contributed by atoms with Gasteiger partial charge >= 0.3 is 0 Å². The first-order valence-electron chi connectivity index (χ1n) is 12.7. The summed E-state index contributed by atoms with van der Waals surface area (Å²) in [5.74, 6) is 0.271. The Kier molecular flexibility index (Phi) is 6.97. The fraction of sp³-hybridized carbons (Fsp3) is 0.357. The van der Waals surface area contributed by atoms with Gasteiger partial charge < -0.3 is 9.88 Å². The summed E-state index contributed by atoms with van der Waals surface area (Å²) in [5, 5.41) is 3.04. The molecule has 0 fully saturated rings. The number of nitrogens with zero attached hydrogens (tertiary/aromatic N) is 6. The number of anilines is 2. The normalized spacial score (nSPS) is 14.4. The molecule has 1 aromatic carbocycles. The second-order valence-electron chi connectivity index (χ2n) is 9.70. The molecule has 3 aromatic heterocycles. The van der Waals surface area contributed by atoms with E-state index in [9.17, 15) is 8.78 Å². The number of fused-ring (bicyclic) bond motifs is 1. The van der Waals surface area contributed by atoms with Crippen molar-refractivity contribution in [3.8, 4) is 11.3 Å². The maximum Gasteiger partial charge on any atom is 0.229 e. The lowest BCUT2D eigenvalue weighted by molar-refractivity contribution is 0.309. The minimum Gasteiger partial charge on any atom is -0.326 e. The number of aryl methyl sites for hydroxylation is 1. The predicted molar refractivity (Wildman–Crippen MR) is 142 cm³/mol. The highest BCUT2D eigenvalue weighted by molar-refractivity contribution is 5.83. The Hall–Kier alpha value is -3.72. The van der Waals surface area contributed by atoms with Crippen LogP contribution >= 0.6 is 0 Å². The van der Waals surface area contributed by atoms with E-state index in [2.05, 4.69) is 43.2 Å². The van der Waals surface area contributed by atoms with Gasteiger partial charge in [-0.05, 0) is 63.9 Å². The van der Waals surface area contributed by atoms with Crippen molar-refractivity contribution in [2.75, 3.05) is 25.0 Å². The Bertz CT molecular complexity index is 1460. The zero-order chi connectivity index (χ0) is 26.1. The van der Waals surface area contributed by atoms with Crippen molar-refractivity contribution >= 4 is 22.8 Å². The first-order chi connectivity index (χ1) is 17.8. The Balaban J connectivity index is 1.37. The molecule has 192 valence electrons. The molecule has 0 spiro atoms. The summed E-state index contributed by atoms with van der Waals surface area (Å²) in [7, 11) is 0. The molecular formula is C28H31F2N7. The number of hydrogen-bond acceptors (Lipinski definition) is 6. The number of aromatic nitrogens is 5. The van der Waals surface area contributed by atoms with Gasteiger partial charge in [0.2, 0.25) is 5.95 Å². The van der Waals surface area contributed by atoms with E-state index in [1.807, 2.05) is 43.7 Å². The highest BCUT2D eigenvalue weighted by Gasteiger charge is 2.18. The maximum absolute atomic E-state index is 14.9. The number of nitrogens with one attached hydrogen (secondary N) is 1. The van der Waals surface area contributed by atoms with Crippen LogP contribution in [0.25, 0.3) is 22.3 Å². The van der Waals surface area contributed by atoms with E-state index < -0.39 is 11.6 Å². The lowest BCUT2D eigenvalue weighted by Gasteiger charge is -2.24. The number of halogens is 2. The SMILES string of the molecule is CCN1CC=C(Cc2ccc(Nc3ncc(F)c(-c4cc(F)c5nc(C)n(C(C)C)c5c4)n3)nc2)CC1. The highest BCUT2D eigenvalue weighted by atomic mass is 19.1. The number of likely N-dealkylation sites (N-methyl/N-ethyl adjacent to an activating group) is 1. The molecule has 0 atom stereocenters. The summed E-state index contributed by atoms with van der Waals surface area (Å²) in [5.41, 5.74) is 3.75. The summed E-state index contributed by atoms with van der Waals surface area (Å²) in [6.07, 6.45) is 7.18. The summed E-state index contributed by atoms with van der Waals surface area (Å²) < 4.78 is 31.7. The molecule has 0 saturated heterocycles. The zero-order valence-electron chi connectivity index (χ0n) is 21.6. The van der Waals surface area contributed by atoms with E-state index in [0.29, 0.717) is 22.7 Å². The van der Waals surface area contributed by atoms with Gasteiger partial charge in [-0.25, -0.2) is 28.7 Å². The fourth-order valence-electron chi connectivity index (χ4n) is 4.87. The van der Waals surface area contributed by atoms with Gasteiger partial charge in [0.25, 0.3) is 0 Å². The maximum atomic E-state index is 14.9. The van der Waals surface area contributed by atoms with E-state index >= 15 is 0 Å². The van der Waals surface area contributed by atoms with Crippen LogP contribution in [0.5, 0.6) is 0 Å². The van der Waals surface area contributed by atoms with Crippen LogP contribution in [0.2, 0.25) is 0 Å². The molecule has 7 nitrogen and oxygen atoms in total. The van der Waals surface area contributed by atoms with Crippen LogP contribution in [0, 0.1) is 18.6 Å². The van der Waals surface area contributed by atoms with Crippen molar-refractivity contribution in [3.05, 3.63) is 71.3 Å². The number of benzene rings is 1. The lowest BCUT2D eigenvalue weighted by atomic mass is 10.0. The standard InChI is InChI=1S/C28H31F2N7/c1-5-36-10-8-19(9-11-36)12-20-6-7-25(31-15-20)34-28-32-16-23(30)26(35-28)21-13-22(29)27-24(14-21)37(17(2)3)18(4)33-27/h6-8,13-17H,5,9-12H2,1-4H3,(H,31,32,34,35). The molecule has 4 aromatic rings. The molecule has 0 unspecified atom stereocenters. The van der Waals surface area contributed by atoms with Crippen molar-refractivity contribution in [1.29, 1.82) is 0 Å². The van der Waals surface area contributed by atoms with Gasteiger partial charge in [-0.3, -0.25) is 4.90 Å². The Morgan fingerprint density at radius 3 is 2.57 bits per heavy atom. The summed E-state index contributed by atoms with van der Waals surface area (Å²) >= 11 is 0. The first kappa shape index (κ1) is 25.0. The second kappa shape index (κ2) is 10.3. The summed E-state index contributed by atoms with van der Waals surface area (Å²) in [4.78, 5) is 19.7. The minimum atomic E-state index is -0.637. The lowest BCUT2D eigenvalue weighted by Crippen LogP contribution is -2.28. The Morgan fingerprint density at radius 2 is 1.89 bits per heavy atom. The Labute approximate surface area is 215 Å². The fourth-order valence-corrected chi connectivity index (χ4v) is 4.87. The van der Waals surface area contributed by atoms with Crippen molar-refractivity contribution in [2.45, 2.75) is 46.6 Å². The van der Waals surface area contributed by atoms with Gasteiger partial charge in [-0.2, -0.15) is 0 Å². The van der Waals surface area contributed by atoms with Gasteiger partial charge in [0.1, 0.15) is 22.9 Å². The first-order valence-corrected chi connectivity index (χ1v) is 12.7. The molecule has 1 aliphatic heterocycles. The molecule has 37 heavy (non-hydrogen) atoms. The molecule has 0 aliphatic carbocycles.